The van der Waals surface area contributed by atoms with Crippen LogP contribution in [0.3, 0.4) is 0 Å². The Kier molecular flexibility index (Phi) is 6.60. The zero-order valence-corrected chi connectivity index (χ0v) is 11.3. The summed E-state index contributed by atoms with van der Waals surface area (Å²) in [5.74, 6) is -1.98. The monoisotopic (exact) mass is 258 g/mol. The van der Waals surface area contributed by atoms with Crippen molar-refractivity contribution in [2.24, 2.45) is 0 Å². The van der Waals surface area contributed by atoms with Crippen molar-refractivity contribution < 1.29 is 52.2 Å². The van der Waals surface area contributed by atoms with Crippen LogP contribution in [0, 0.1) is 0 Å². The van der Waals surface area contributed by atoms with Gasteiger partial charge < -0.3 is 9.46 Å². The number of allylic oxidation sites excluding steroid dienone is 1. The summed E-state index contributed by atoms with van der Waals surface area (Å²) in [7, 11) is -4.42. The Morgan fingerprint density at radius 2 is 1.81 bits per heavy atom. The molecule has 2 nitrogen and oxygen atoms in total. The van der Waals surface area contributed by atoms with Crippen LogP contribution in [-0.2, 0) is 4.57 Å². The van der Waals surface area contributed by atoms with E-state index in [-0.39, 0.29) is 40.7 Å². The van der Waals surface area contributed by atoms with E-state index in [4.69, 9.17) is 0 Å². The topological polar surface area (TPSA) is 40.1 Å². The summed E-state index contributed by atoms with van der Waals surface area (Å²) >= 11 is 0. The molecule has 7 heteroatoms. The van der Waals surface area contributed by atoms with Gasteiger partial charge in [-0.1, -0.05) is 30.3 Å². The fourth-order valence-electron chi connectivity index (χ4n) is 0.929. The zero-order chi connectivity index (χ0) is 11.5. The molecule has 0 saturated heterocycles. The summed E-state index contributed by atoms with van der Waals surface area (Å²) in [6.07, 6.45) is -3.41. The van der Waals surface area contributed by atoms with Crippen LogP contribution in [0.4, 0.5) is 13.2 Å². The zero-order valence-electron chi connectivity index (χ0n) is 8.44. The van der Waals surface area contributed by atoms with Gasteiger partial charge in [0.1, 0.15) is 0 Å². The van der Waals surface area contributed by atoms with Gasteiger partial charge in [-0.3, -0.25) is 0 Å². The van der Waals surface area contributed by atoms with Gasteiger partial charge >= 0.3 is 29.6 Å². The number of rotatable bonds is 3. The van der Waals surface area contributed by atoms with Gasteiger partial charge in [-0.25, -0.2) is 13.2 Å². The molecule has 1 rings (SSSR count). The second kappa shape index (κ2) is 6.62. The van der Waals surface area contributed by atoms with E-state index in [1.165, 1.54) is 24.3 Å². The second-order valence-corrected chi connectivity index (χ2v) is 4.72. The van der Waals surface area contributed by atoms with Crippen LogP contribution in [0.5, 0.6) is 0 Å². The Hall–Kier alpha value is -0.0600. The van der Waals surface area contributed by atoms with E-state index in [2.05, 4.69) is 0 Å². The summed E-state index contributed by atoms with van der Waals surface area (Å²) in [6.45, 7) is 0. The first-order valence-electron chi connectivity index (χ1n) is 3.96. The van der Waals surface area contributed by atoms with Crippen molar-refractivity contribution in [1.29, 1.82) is 0 Å². The Morgan fingerprint density at radius 1 is 1.31 bits per heavy atom. The number of alkyl halides is 2. The number of benzene rings is 1. The molecule has 0 saturated carbocycles. The quantitative estimate of drug-likeness (QED) is 0.517. The second-order valence-electron chi connectivity index (χ2n) is 2.75. The SMILES string of the molecule is O=P([O-])(/C=C(\F)C(F)F)c1ccccc1.[Na+]. The minimum absolute atomic E-state index is 0. The first-order chi connectivity index (χ1) is 6.93. The Morgan fingerprint density at radius 3 is 2.25 bits per heavy atom. The molecule has 1 atom stereocenters. The molecule has 82 valence electrons. The molecule has 1 unspecified atom stereocenters. The van der Waals surface area contributed by atoms with Gasteiger partial charge in [0.2, 0.25) is 0 Å². The minimum atomic E-state index is -4.42. The average Bonchev–Trinajstić information content (AvgIpc) is 2.18. The largest absolute Gasteiger partial charge is 1.00 e. The third-order valence-electron chi connectivity index (χ3n) is 1.62. The maximum atomic E-state index is 12.4. The van der Waals surface area contributed by atoms with E-state index in [0.717, 1.165) is 0 Å². The average molecular weight is 258 g/mol. The number of hydrogen-bond donors (Lipinski definition) is 0. The molecule has 16 heavy (non-hydrogen) atoms. The summed E-state index contributed by atoms with van der Waals surface area (Å²) in [4.78, 5) is 11.3. The molecule has 0 spiro atoms. The Bertz CT molecular complexity index is 408. The van der Waals surface area contributed by atoms with Crippen molar-refractivity contribution in [3.05, 3.63) is 42.0 Å². The molecule has 0 aromatic heterocycles. The van der Waals surface area contributed by atoms with Crippen LogP contribution in [0.25, 0.3) is 0 Å². The summed E-state index contributed by atoms with van der Waals surface area (Å²) < 4.78 is 47.3. The van der Waals surface area contributed by atoms with Crippen molar-refractivity contribution in [3.8, 4) is 0 Å². The van der Waals surface area contributed by atoms with Crippen LogP contribution in [0.2, 0.25) is 0 Å². The predicted molar refractivity (Wildman–Crippen MR) is 48.9 cm³/mol. The van der Waals surface area contributed by atoms with Crippen LogP contribution in [-0.4, -0.2) is 6.43 Å². The van der Waals surface area contributed by atoms with Gasteiger partial charge in [-0.2, -0.15) is 0 Å². The van der Waals surface area contributed by atoms with E-state index < -0.39 is 19.6 Å². The first-order valence-corrected chi connectivity index (χ1v) is 5.65. The van der Waals surface area contributed by atoms with E-state index >= 15 is 0 Å². The van der Waals surface area contributed by atoms with E-state index in [1.54, 1.807) is 6.07 Å². The van der Waals surface area contributed by atoms with Crippen LogP contribution < -0.4 is 39.8 Å². The first kappa shape index (κ1) is 15.9. The smallest absolute Gasteiger partial charge is 0.793 e. The fourth-order valence-corrected chi connectivity index (χ4v) is 2.10. The molecule has 1 aromatic carbocycles. The van der Waals surface area contributed by atoms with Gasteiger partial charge in [-0.15, -0.1) is 0 Å². The molecule has 0 aliphatic carbocycles. The molecule has 0 aliphatic rings. The van der Waals surface area contributed by atoms with Crippen LogP contribution in [0.15, 0.2) is 42.0 Å². The normalized spacial score (nSPS) is 15.4. The summed E-state index contributed by atoms with van der Waals surface area (Å²) in [5, 5.41) is -0.194. The maximum absolute atomic E-state index is 12.4. The Balaban J connectivity index is 0.00000225. The van der Waals surface area contributed by atoms with Crippen LogP contribution in [0.1, 0.15) is 0 Å². The molecule has 0 radical (unpaired) electrons. The minimum Gasteiger partial charge on any atom is -0.793 e. The third-order valence-corrected chi connectivity index (χ3v) is 3.22. The molecule has 0 heterocycles. The molecule has 0 bridgehead atoms. The standard InChI is InChI=1S/C9H8F3O2P.Na/c10-8(9(11)12)6-15(13,14)7-4-2-1-3-5-7;/h1-6,9H,(H,13,14);/q;+1/p-1/b8-6-;. The van der Waals surface area contributed by atoms with Crippen LogP contribution >= 0.6 is 7.37 Å². The third kappa shape index (κ3) is 4.44. The van der Waals surface area contributed by atoms with Gasteiger partial charge in [0, 0.05) is 11.1 Å². The molecule has 0 fully saturated rings. The van der Waals surface area contributed by atoms with E-state index in [1.807, 2.05) is 0 Å². The molecule has 0 N–H and O–H groups in total. The van der Waals surface area contributed by atoms with Crippen molar-refractivity contribution in [2.75, 3.05) is 0 Å². The molecule has 0 aliphatic heterocycles. The van der Waals surface area contributed by atoms with Crippen molar-refractivity contribution in [1.82, 2.24) is 0 Å². The predicted octanol–water partition coefficient (Wildman–Crippen LogP) is -0.970. The van der Waals surface area contributed by atoms with E-state index in [0.29, 0.717) is 0 Å². The number of hydrogen-bond acceptors (Lipinski definition) is 2. The Labute approximate surface area is 113 Å². The van der Waals surface area contributed by atoms with Crippen molar-refractivity contribution in [3.63, 3.8) is 0 Å². The van der Waals surface area contributed by atoms with E-state index in [9.17, 15) is 22.6 Å². The molecular weight excluding hydrogens is 251 g/mol. The summed E-state index contributed by atoms with van der Waals surface area (Å²) in [5.41, 5.74) is 0. The number of halogens is 3. The van der Waals surface area contributed by atoms with Crippen molar-refractivity contribution in [2.45, 2.75) is 6.43 Å². The van der Waals surface area contributed by atoms with Gasteiger partial charge in [-0.05, 0) is 0 Å². The van der Waals surface area contributed by atoms with Gasteiger partial charge in [0.25, 0.3) is 6.43 Å². The molecule has 0 amide bonds. The van der Waals surface area contributed by atoms with Gasteiger partial charge in [0.05, 0.1) is 7.37 Å². The molecule has 1 aromatic rings. The fraction of sp³-hybridized carbons (Fsp3) is 0.111. The van der Waals surface area contributed by atoms with Crippen molar-refractivity contribution >= 4 is 12.7 Å². The summed E-state index contributed by atoms with van der Waals surface area (Å²) in [6, 6.07) is 6.84. The van der Waals surface area contributed by atoms with Gasteiger partial charge in [0.15, 0.2) is 5.83 Å². The maximum Gasteiger partial charge on any atom is 1.00 e. The molecular formula is C9H7F3NaO2P.